The first-order valence-corrected chi connectivity index (χ1v) is 9.58. The summed E-state index contributed by atoms with van der Waals surface area (Å²) >= 11 is 1.71. The van der Waals surface area contributed by atoms with Crippen molar-refractivity contribution in [3.05, 3.63) is 40.4 Å². The minimum atomic E-state index is 0.203. The SMILES string of the molecule is CC(=O)N1CCC(N(C)C)C1.Cc1csc(-c2cccc(C)c2C)n1. The Hall–Kier alpha value is -1.72. The van der Waals surface area contributed by atoms with Crippen molar-refractivity contribution in [2.24, 2.45) is 0 Å². The zero-order chi connectivity index (χ0) is 18.6. The minimum absolute atomic E-state index is 0.203. The molecule has 0 aliphatic carbocycles. The van der Waals surface area contributed by atoms with Gasteiger partial charge in [0.2, 0.25) is 5.91 Å². The van der Waals surface area contributed by atoms with Crippen LogP contribution in [0.2, 0.25) is 0 Å². The van der Waals surface area contributed by atoms with Crippen molar-refractivity contribution >= 4 is 17.2 Å². The van der Waals surface area contributed by atoms with Gasteiger partial charge < -0.3 is 9.80 Å². The highest BCUT2D eigenvalue weighted by atomic mass is 32.1. The number of carbonyl (C=O) groups excluding carboxylic acids is 1. The van der Waals surface area contributed by atoms with Crippen molar-refractivity contribution in [1.82, 2.24) is 14.8 Å². The third-order valence-corrected chi connectivity index (χ3v) is 5.79. The third-order valence-electron chi connectivity index (χ3n) is 4.79. The highest BCUT2D eigenvalue weighted by Crippen LogP contribution is 2.27. The third kappa shape index (κ3) is 5.13. The number of benzene rings is 1. The van der Waals surface area contributed by atoms with E-state index >= 15 is 0 Å². The van der Waals surface area contributed by atoms with Gasteiger partial charge in [0, 0.05) is 42.7 Å². The molecule has 136 valence electrons. The van der Waals surface area contributed by atoms with Gasteiger partial charge in [-0.1, -0.05) is 18.2 Å². The molecular formula is C20H29N3OS. The number of likely N-dealkylation sites (tertiary alicyclic amines) is 1. The Morgan fingerprint density at radius 1 is 1.28 bits per heavy atom. The fourth-order valence-electron chi connectivity index (χ4n) is 2.91. The highest BCUT2D eigenvalue weighted by molar-refractivity contribution is 7.13. The quantitative estimate of drug-likeness (QED) is 0.816. The fourth-order valence-corrected chi connectivity index (χ4v) is 3.79. The van der Waals surface area contributed by atoms with Gasteiger partial charge in [-0.3, -0.25) is 4.79 Å². The van der Waals surface area contributed by atoms with Crippen LogP contribution in [-0.2, 0) is 4.79 Å². The number of likely N-dealkylation sites (N-methyl/N-ethyl adjacent to an activating group) is 1. The second kappa shape index (κ2) is 8.59. The van der Waals surface area contributed by atoms with Gasteiger partial charge in [0.1, 0.15) is 5.01 Å². The number of aryl methyl sites for hydroxylation is 2. The molecule has 0 bridgehead atoms. The summed E-state index contributed by atoms with van der Waals surface area (Å²) < 4.78 is 0. The second-order valence-electron chi connectivity index (χ2n) is 6.91. The van der Waals surface area contributed by atoms with Gasteiger partial charge in [0.05, 0.1) is 0 Å². The molecule has 0 spiro atoms. The second-order valence-corrected chi connectivity index (χ2v) is 7.77. The summed E-state index contributed by atoms with van der Waals surface area (Å²) in [6, 6.07) is 6.94. The summed E-state index contributed by atoms with van der Waals surface area (Å²) in [5.41, 5.74) is 5.03. The fraction of sp³-hybridized carbons (Fsp3) is 0.500. The molecule has 4 nitrogen and oxygen atoms in total. The van der Waals surface area contributed by atoms with Gasteiger partial charge in [-0.25, -0.2) is 4.98 Å². The molecule has 25 heavy (non-hydrogen) atoms. The van der Waals surface area contributed by atoms with Gasteiger partial charge in [0.15, 0.2) is 0 Å². The van der Waals surface area contributed by atoms with Crippen molar-refractivity contribution in [2.75, 3.05) is 27.2 Å². The van der Waals surface area contributed by atoms with E-state index in [4.69, 9.17) is 0 Å². The monoisotopic (exact) mass is 359 g/mol. The molecule has 5 heteroatoms. The molecule has 1 aliphatic heterocycles. The lowest BCUT2D eigenvalue weighted by Gasteiger charge is -2.19. The number of carbonyl (C=O) groups is 1. The lowest BCUT2D eigenvalue weighted by Crippen LogP contribution is -2.33. The van der Waals surface area contributed by atoms with Crippen molar-refractivity contribution in [3.8, 4) is 10.6 Å². The topological polar surface area (TPSA) is 36.4 Å². The average molecular weight is 360 g/mol. The predicted molar refractivity (Wildman–Crippen MR) is 106 cm³/mol. The first-order valence-electron chi connectivity index (χ1n) is 8.70. The van der Waals surface area contributed by atoms with E-state index in [1.54, 1.807) is 18.3 Å². The molecule has 0 N–H and O–H groups in total. The zero-order valence-corrected chi connectivity index (χ0v) is 17.0. The molecule has 1 fully saturated rings. The van der Waals surface area contributed by atoms with Crippen molar-refractivity contribution in [2.45, 2.75) is 40.2 Å². The van der Waals surface area contributed by atoms with E-state index in [2.05, 4.69) is 61.4 Å². The lowest BCUT2D eigenvalue weighted by molar-refractivity contribution is -0.127. The van der Waals surface area contributed by atoms with Crippen LogP contribution in [0, 0.1) is 20.8 Å². The number of amides is 1. The minimum Gasteiger partial charge on any atom is -0.341 e. The maximum Gasteiger partial charge on any atom is 0.219 e. The number of hydrogen-bond donors (Lipinski definition) is 0. The van der Waals surface area contributed by atoms with Gasteiger partial charge >= 0.3 is 0 Å². The number of thiazole rings is 1. The molecular weight excluding hydrogens is 330 g/mol. The average Bonchev–Trinajstić information content (AvgIpc) is 3.20. The number of rotatable bonds is 2. The van der Waals surface area contributed by atoms with Crippen LogP contribution in [0.3, 0.4) is 0 Å². The van der Waals surface area contributed by atoms with Gasteiger partial charge in [0.25, 0.3) is 0 Å². The van der Waals surface area contributed by atoms with Crippen LogP contribution < -0.4 is 0 Å². The summed E-state index contributed by atoms with van der Waals surface area (Å²) in [7, 11) is 4.13. The number of aromatic nitrogens is 1. The summed E-state index contributed by atoms with van der Waals surface area (Å²) in [5, 5.41) is 3.22. The summed E-state index contributed by atoms with van der Waals surface area (Å²) in [6.45, 7) is 9.80. The Morgan fingerprint density at radius 3 is 2.48 bits per heavy atom. The molecule has 1 saturated heterocycles. The molecule has 1 aromatic carbocycles. The van der Waals surface area contributed by atoms with Gasteiger partial charge in [-0.15, -0.1) is 11.3 Å². The van der Waals surface area contributed by atoms with Crippen LogP contribution >= 0.6 is 11.3 Å². The van der Waals surface area contributed by atoms with E-state index in [1.165, 1.54) is 16.7 Å². The first-order chi connectivity index (χ1) is 11.8. The molecule has 1 amide bonds. The lowest BCUT2D eigenvalue weighted by atomic mass is 10.0. The van der Waals surface area contributed by atoms with E-state index in [0.717, 1.165) is 30.2 Å². The molecule has 3 rings (SSSR count). The Labute approximate surface area is 155 Å². The van der Waals surface area contributed by atoms with E-state index in [-0.39, 0.29) is 5.91 Å². The van der Waals surface area contributed by atoms with Crippen LogP contribution in [0.4, 0.5) is 0 Å². The Bertz CT molecular complexity index is 723. The smallest absolute Gasteiger partial charge is 0.219 e. The molecule has 1 aliphatic rings. The summed E-state index contributed by atoms with van der Waals surface area (Å²) in [4.78, 5) is 19.5. The van der Waals surface area contributed by atoms with Crippen LogP contribution in [-0.4, -0.2) is 53.9 Å². The molecule has 1 aromatic heterocycles. The maximum absolute atomic E-state index is 10.9. The normalized spacial score (nSPS) is 16.8. The van der Waals surface area contributed by atoms with Crippen molar-refractivity contribution in [3.63, 3.8) is 0 Å². The molecule has 0 saturated carbocycles. The van der Waals surface area contributed by atoms with E-state index in [1.807, 2.05) is 11.8 Å². The number of hydrogen-bond acceptors (Lipinski definition) is 4. The predicted octanol–water partition coefficient (Wildman–Crippen LogP) is 3.90. The maximum atomic E-state index is 10.9. The van der Waals surface area contributed by atoms with E-state index in [9.17, 15) is 4.79 Å². The van der Waals surface area contributed by atoms with E-state index < -0.39 is 0 Å². The largest absolute Gasteiger partial charge is 0.341 e. The summed E-state index contributed by atoms with van der Waals surface area (Å²) in [6.07, 6.45) is 1.12. The molecule has 1 atom stereocenters. The van der Waals surface area contributed by atoms with Crippen LogP contribution in [0.5, 0.6) is 0 Å². The Balaban J connectivity index is 0.000000186. The highest BCUT2D eigenvalue weighted by Gasteiger charge is 2.24. The van der Waals surface area contributed by atoms with Crippen molar-refractivity contribution in [1.29, 1.82) is 0 Å². The molecule has 2 heterocycles. The van der Waals surface area contributed by atoms with E-state index in [0.29, 0.717) is 6.04 Å². The van der Waals surface area contributed by atoms with Crippen molar-refractivity contribution < 1.29 is 4.79 Å². The summed E-state index contributed by atoms with van der Waals surface area (Å²) in [5.74, 6) is 0.203. The molecule has 0 radical (unpaired) electrons. The number of nitrogens with zero attached hydrogens (tertiary/aromatic N) is 3. The molecule has 2 aromatic rings. The first kappa shape index (κ1) is 19.6. The zero-order valence-electron chi connectivity index (χ0n) is 16.2. The molecule has 1 unspecified atom stereocenters. The Morgan fingerprint density at radius 2 is 2.00 bits per heavy atom. The Kier molecular flexibility index (Phi) is 6.73. The van der Waals surface area contributed by atoms with Gasteiger partial charge in [-0.05, 0) is 52.4 Å². The van der Waals surface area contributed by atoms with Crippen LogP contribution in [0.25, 0.3) is 10.6 Å². The van der Waals surface area contributed by atoms with Gasteiger partial charge in [-0.2, -0.15) is 0 Å². The standard InChI is InChI=1S/C12H13NS.C8H16N2O/c1-8-5-4-6-11(10(8)3)12-13-9(2)7-14-12;1-7(11)10-5-4-8(6-10)9(2)3/h4-7H,1-3H3;8H,4-6H2,1-3H3. The van der Waals surface area contributed by atoms with Crippen LogP contribution in [0.1, 0.15) is 30.2 Å². The van der Waals surface area contributed by atoms with Crippen LogP contribution in [0.15, 0.2) is 23.6 Å².